The number of aromatic nitrogens is 1. The maximum absolute atomic E-state index is 12.7. The van der Waals surface area contributed by atoms with Crippen molar-refractivity contribution in [3.63, 3.8) is 0 Å². The Hall–Kier alpha value is -1.06. The van der Waals surface area contributed by atoms with E-state index < -0.39 is 0 Å². The van der Waals surface area contributed by atoms with E-state index in [1.807, 2.05) is 6.82 Å². The topological polar surface area (TPSA) is 38.9 Å². The monoisotopic (exact) mass is 138 g/mol. The predicted octanol–water partition coefficient (Wildman–Crippen LogP) is -0.0872. The molecule has 0 aliphatic heterocycles. The summed E-state index contributed by atoms with van der Waals surface area (Å²) < 4.78 is 12.7. The minimum absolute atomic E-state index is 0.231. The van der Waals surface area contributed by atoms with E-state index in [9.17, 15) is 4.39 Å². The van der Waals surface area contributed by atoms with E-state index >= 15 is 0 Å². The lowest BCUT2D eigenvalue weighted by Gasteiger charge is -1.97. The molecule has 0 saturated carbocycles. The summed E-state index contributed by atoms with van der Waals surface area (Å²) in [6.07, 6.45) is 1.46. The van der Waals surface area contributed by atoms with Gasteiger partial charge in [0.15, 0.2) is 7.28 Å². The van der Waals surface area contributed by atoms with Crippen LogP contribution in [0.3, 0.4) is 0 Å². The molecule has 52 valence electrons. The Morgan fingerprint density at radius 1 is 1.70 bits per heavy atom. The van der Waals surface area contributed by atoms with E-state index in [0.29, 0.717) is 12.7 Å². The maximum Gasteiger partial charge on any atom is 0.160 e. The summed E-state index contributed by atoms with van der Waals surface area (Å²) >= 11 is 0. The zero-order valence-corrected chi connectivity index (χ0v) is 5.76. The molecule has 2 nitrogen and oxygen atoms in total. The third-order valence-electron chi connectivity index (χ3n) is 1.33. The molecule has 0 spiro atoms. The van der Waals surface area contributed by atoms with Crippen molar-refractivity contribution < 1.29 is 4.39 Å². The van der Waals surface area contributed by atoms with Crippen LogP contribution in [0.4, 0.5) is 10.2 Å². The molecule has 0 unspecified atom stereocenters. The van der Waals surface area contributed by atoms with Crippen molar-refractivity contribution in [2.45, 2.75) is 6.82 Å². The molecular formula is C6H8BFN2. The standard InChI is InChI=1S/C6H8BFN2/c1-7-4-3-10-6(9)2-5(4)8/h2-3,7H,1H3,(H2,9,10). The summed E-state index contributed by atoms with van der Waals surface area (Å²) in [6, 6.07) is 1.23. The highest BCUT2D eigenvalue weighted by atomic mass is 19.1. The molecular weight excluding hydrogens is 130 g/mol. The second-order valence-corrected chi connectivity index (χ2v) is 2.05. The second kappa shape index (κ2) is 2.69. The summed E-state index contributed by atoms with van der Waals surface area (Å²) in [5, 5.41) is 0. The lowest BCUT2D eigenvalue weighted by atomic mass is 9.74. The van der Waals surface area contributed by atoms with Crippen molar-refractivity contribution in [1.82, 2.24) is 4.98 Å². The summed E-state index contributed by atoms with van der Waals surface area (Å²) in [5.41, 5.74) is 5.84. The number of rotatable bonds is 1. The third kappa shape index (κ3) is 1.26. The van der Waals surface area contributed by atoms with Gasteiger partial charge in [-0.15, -0.1) is 0 Å². The molecule has 0 atom stereocenters. The zero-order valence-electron chi connectivity index (χ0n) is 5.76. The summed E-state index contributed by atoms with van der Waals surface area (Å²) in [7, 11) is 0.652. The van der Waals surface area contributed by atoms with Gasteiger partial charge >= 0.3 is 0 Å². The van der Waals surface area contributed by atoms with Gasteiger partial charge in [-0.3, -0.25) is 0 Å². The van der Waals surface area contributed by atoms with Crippen LogP contribution in [0.2, 0.25) is 6.82 Å². The molecule has 0 aromatic carbocycles. The Labute approximate surface area is 59.5 Å². The molecule has 0 aliphatic carbocycles. The van der Waals surface area contributed by atoms with Crippen molar-refractivity contribution >= 4 is 18.6 Å². The van der Waals surface area contributed by atoms with Gasteiger partial charge in [-0.2, -0.15) is 0 Å². The summed E-state index contributed by atoms with van der Waals surface area (Å²) in [4.78, 5) is 3.75. The fourth-order valence-electron chi connectivity index (χ4n) is 0.734. The van der Waals surface area contributed by atoms with E-state index in [1.165, 1.54) is 12.3 Å². The molecule has 0 aliphatic rings. The predicted molar refractivity (Wildman–Crippen MR) is 41.3 cm³/mol. The van der Waals surface area contributed by atoms with E-state index in [1.54, 1.807) is 0 Å². The van der Waals surface area contributed by atoms with Gasteiger partial charge in [0.1, 0.15) is 11.6 Å². The molecule has 0 bridgehead atoms. The van der Waals surface area contributed by atoms with Crippen LogP contribution in [0.25, 0.3) is 0 Å². The molecule has 0 amide bonds. The molecule has 2 N–H and O–H groups in total. The molecule has 0 radical (unpaired) electrons. The summed E-state index contributed by atoms with van der Waals surface area (Å²) in [5.74, 6) is -0.0373. The van der Waals surface area contributed by atoms with Crippen LogP contribution < -0.4 is 11.2 Å². The van der Waals surface area contributed by atoms with Crippen LogP contribution in [0.1, 0.15) is 0 Å². The molecule has 0 saturated heterocycles. The number of pyridine rings is 1. The first-order valence-electron chi connectivity index (χ1n) is 3.14. The molecule has 1 rings (SSSR count). The van der Waals surface area contributed by atoms with Gasteiger partial charge in [0, 0.05) is 12.3 Å². The average Bonchev–Trinajstić information content (AvgIpc) is 1.88. The Morgan fingerprint density at radius 3 is 2.90 bits per heavy atom. The van der Waals surface area contributed by atoms with Crippen LogP contribution >= 0.6 is 0 Å². The number of nitrogen functional groups attached to an aromatic ring is 1. The van der Waals surface area contributed by atoms with E-state index in [4.69, 9.17) is 5.73 Å². The van der Waals surface area contributed by atoms with Crippen LogP contribution in [0.15, 0.2) is 12.3 Å². The highest BCUT2D eigenvalue weighted by molar-refractivity contribution is 6.51. The number of nitrogens with two attached hydrogens (primary N) is 1. The second-order valence-electron chi connectivity index (χ2n) is 2.05. The normalized spacial score (nSPS) is 9.40. The Morgan fingerprint density at radius 2 is 2.40 bits per heavy atom. The van der Waals surface area contributed by atoms with Gasteiger partial charge in [0.25, 0.3) is 0 Å². The Kier molecular flexibility index (Phi) is 1.90. The number of anilines is 1. The Bertz CT molecular complexity index is 239. The van der Waals surface area contributed by atoms with Crippen molar-refractivity contribution in [1.29, 1.82) is 0 Å². The maximum atomic E-state index is 12.7. The van der Waals surface area contributed by atoms with Gasteiger partial charge < -0.3 is 5.73 Å². The lowest BCUT2D eigenvalue weighted by Crippen LogP contribution is -2.16. The molecule has 1 heterocycles. The number of halogens is 1. The van der Waals surface area contributed by atoms with Crippen LogP contribution in [0.5, 0.6) is 0 Å². The number of hydrogen-bond donors (Lipinski definition) is 1. The molecule has 0 fully saturated rings. The van der Waals surface area contributed by atoms with Gasteiger partial charge in [-0.25, -0.2) is 9.37 Å². The van der Waals surface area contributed by atoms with E-state index in [0.717, 1.165) is 0 Å². The van der Waals surface area contributed by atoms with Crippen molar-refractivity contribution in [2.75, 3.05) is 5.73 Å². The molecule has 1 aromatic heterocycles. The fraction of sp³-hybridized carbons (Fsp3) is 0.167. The Balaban J connectivity index is 3.07. The third-order valence-corrected chi connectivity index (χ3v) is 1.33. The summed E-state index contributed by atoms with van der Waals surface area (Å²) in [6.45, 7) is 1.87. The zero-order chi connectivity index (χ0) is 7.56. The minimum atomic E-state index is -0.269. The van der Waals surface area contributed by atoms with Crippen molar-refractivity contribution in [3.05, 3.63) is 18.1 Å². The highest BCUT2D eigenvalue weighted by Crippen LogP contribution is 1.96. The molecule has 4 heteroatoms. The number of hydrogen-bond acceptors (Lipinski definition) is 2. The van der Waals surface area contributed by atoms with Gasteiger partial charge in [-0.05, 0) is 5.46 Å². The van der Waals surface area contributed by atoms with Gasteiger partial charge in [-0.1, -0.05) is 6.82 Å². The first-order chi connectivity index (χ1) is 4.74. The smallest absolute Gasteiger partial charge is 0.160 e. The molecule has 1 aromatic rings. The lowest BCUT2D eigenvalue weighted by molar-refractivity contribution is 0.635. The SMILES string of the molecule is CBc1cnc(N)cc1F. The van der Waals surface area contributed by atoms with E-state index in [-0.39, 0.29) is 11.6 Å². The highest BCUT2D eigenvalue weighted by Gasteiger charge is 1.99. The van der Waals surface area contributed by atoms with Gasteiger partial charge in [0.2, 0.25) is 0 Å². The van der Waals surface area contributed by atoms with Crippen LogP contribution in [-0.2, 0) is 0 Å². The van der Waals surface area contributed by atoms with Crippen LogP contribution in [-0.4, -0.2) is 12.3 Å². The van der Waals surface area contributed by atoms with Crippen LogP contribution in [0, 0.1) is 5.82 Å². The largest absolute Gasteiger partial charge is 0.384 e. The van der Waals surface area contributed by atoms with Gasteiger partial charge in [0.05, 0.1) is 0 Å². The first-order valence-corrected chi connectivity index (χ1v) is 3.14. The van der Waals surface area contributed by atoms with Crippen molar-refractivity contribution in [3.8, 4) is 0 Å². The first kappa shape index (κ1) is 7.06. The van der Waals surface area contributed by atoms with Crippen molar-refractivity contribution in [2.24, 2.45) is 0 Å². The number of nitrogens with zero attached hydrogens (tertiary/aromatic N) is 1. The van der Waals surface area contributed by atoms with E-state index in [2.05, 4.69) is 4.98 Å². The fourth-order valence-corrected chi connectivity index (χ4v) is 0.734. The molecule has 10 heavy (non-hydrogen) atoms. The quantitative estimate of drug-likeness (QED) is 0.551. The minimum Gasteiger partial charge on any atom is -0.384 e. The average molecular weight is 138 g/mol.